The third-order valence-corrected chi connectivity index (χ3v) is 8.50. The summed E-state index contributed by atoms with van der Waals surface area (Å²) in [4.78, 5) is 50.4. The van der Waals surface area contributed by atoms with E-state index in [1.165, 1.54) is 0 Å². The number of nitrogens with one attached hydrogen (secondary N) is 1. The molecule has 1 aromatic carbocycles. The molecule has 1 aliphatic carbocycles. The zero-order chi connectivity index (χ0) is 29.1. The molecule has 2 fully saturated rings. The van der Waals surface area contributed by atoms with Crippen molar-refractivity contribution in [3.63, 3.8) is 0 Å². The number of anilines is 1. The Bertz CT molecular complexity index is 1910. The Labute approximate surface area is 241 Å². The first-order valence-corrected chi connectivity index (χ1v) is 14.1. The van der Waals surface area contributed by atoms with E-state index in [9.17, 15) is 14.4 Å². The Morgan fingerprint density at radius 3 is 2.69 bits per heavy atom. The lowest BCUT2D eigenvalue weighted by Gasteiger charge is -2.34. The third-order valence-electron chi connectivity index (χ3n) is 8.50. The first-order valence-electron chi connectivity index (χ1n) is 14.1. The Morgan fingerprint density at radius 2 is 1.88 bits per heavy atom. The fourth-order valence-electron chi connectivity index (χ4n) is 6.67. The van der Waals surface area contributed by atoms with Crippen molar-refractivity contribution >= 4 is 40.1 Å². The number of carbonyl (C=O) groups is 3. The molecular weight excluding hydrogens is 532 g/mol. The van der Waals surface area contributed by atoms with Gasteiger partial charge in [-0.05, 0) is 68.9 Å². The molecule has 1 saturated carbocycles. The summed E-state index contributed by atoms with van der Waals surface area (Å²) in [6.07, 6.45) is 7.88. The second kappa shape index (κ2) is 9.79. The molecule has 3 atom stereocenters. The van der Waals surface area contributed by atoms with Crippen LogP contribution in [0.5, 0.6) is 0 Å². The highest BCUT2D eigenvalue weighted by molar-refractivity contribution is 6.07. The van der Waals surface area contributed by atoms with Crippen LogP contribution in [0.15, 0.2) is 61.1 Å². The van der Waals surface area contributed by atoms with Gasteiger partial charge in [0.1, 0.15) is 18.4 Å². The zero-order valence-electron chi connectivity index (χ0n) is 23.3. The van der Waals surface area contributed by atoms with Crippen molar-refractivity contribution in [2.75, 3.05) is 5.32 Å². The number of pyridine rings is 1. The van der Waals surface area contributed by atoms with E-state index in [2.05, 4.69) is 20.4 Å². The first-order chi connectivity index (χ1) is 20.2. The fourth-order valence-corrected chi connectivity index (χ4v) is 6.67. The minimum atomic E-state index is -0.581. The Hall–Kier alpha value is -5.06. The van der Waals surface area contributed by atoms with Gasteiger partial charge in [0.05, 0.1) is 11.3 Å². The SMILES string of the molecule is Cc1cccc(NC(=O)C2[C@H]3CC[C@H](C3)N2C(=O)Cn2cc(C(N)=O)c3cc(-c4cnc5cc(C)nn5c4)ccc32)n1. The molecule has 5 aromatic rings. The number of carbonyl (C=O) groups excluding carboxylic acids is 3. The number of hydrogen-bond donors (Lipinski definition) is 2. The van der Waals surface area contributed by atoms with E-state index in [0.29, 0.717) is 22.3 Å². The molecule has 3 amide bonds. The average Bonchev–Trinajstić information content (AvgIpc) is 3.74. The van der Waals surface area contributed by atoms with E-state index >= 15 is 0 Å². The maximum absolute atomic E-state index is 13.8. The molecule has 0 radical (unpaired) electrons. The van der Waals surface area contributed by atoms with Gasteiger partial charge in [-0.15, -0.1) is 0 Å². The lowest BCUT2D eigenvalue weighted by atomic mass is 9.97. The molecular formula is C31H30N8O3. The average molecular weight is 563 g/mol. The van der Waals surface area contributed by atoms with E-state index in [1.807, 2.05) is 56.4 Å². The molecule has 1 aliphatic heterocycles. The Kier molecular flexibility index (Phi) is 6.03. The van der Waals surface area contributed by atoms with Gasteiger partial charge in [-0.1, -0.05) is 12.1 Å². The van der Waals surface area contributed by atoms with Crippen molar-refractivity contribution in [1.82, 2.24) is 29.0 Å². The quantitative estimate of drug-likeness (QED) is 0.325. The van der Waals surface area contributed by atoms with Crippen LogP contribution in [0.2, 0.25) is 0 Å². The van der Waals surface area contributed by atoms with Crippen LogP contribution in [0.4, 0.5) is 5.82 Å². The monoisotopic (exact) mass is 562 g/mol. The molecule has 7 rings (SSSR count). The molecule has 3 N–H and O–H groups in total. The third kappa shape index (κ3) is 4.37. The molecule has 4 aromatic heterocycles. The van der Waals surface area contributed by atoms with Crippen LogP contribution in [0.25, 0.3) is 27.7 Å². The highest BCUT2D eigenvalue weighted by atomic mass is 16.2. The van der Waals surface area contributed by atoms with Crippen molar-refractivity contribution in [2.45, 2.75) is 51.7 Å². The predicted octanol–water partition coefficient (Wildman–Crippen LogP) is 3.48. The molecule has 2 bridgehead atoms. The number of amides is 3. The topological polar surface area (TPSA) is 141 Å². The van der Waals surface area contributed by atoms with Crippen LogP contribution in [0, 0.1) is 19.8 Å². The molecule has 212 valence electrons. The van der Waals surface area contributed by atoms with Gasteiger partial charge in [0.15, 0.2) is 5.65 Å². The largest absolute Gasteiger partial charge is 0.366 e. The van der Waals surface area contributed by atoms with Crippen molar-refractivity contribution in [2.24, 2.45) is 11.7 Å². The van der Waals surface area contributed by atoms with Gasteiger partial charge in [0, 0.05) is 52.9 Å². The predicted molar refractivity (Wildman–Crippen MR) is 157 cm³/mol. The van der Waals surface area contributed by atoms with E-state index in [-0.39, 0.29) is 30.3 Å². The van der Waals surface area contributed by atoms with E-state index in [4.69, 9.17) is 5.73 Å². The minimum absolute atomic E-state index is 0.0149. The number of benzene rings is 1. The summed E-state index contributed by atoms with van der Waals surface area (Å²) in [6.45, 7) is 3.76. The summed E-state index contributed by atoms with van der Waals surface area (Å²) in [7, 11) is 0. The van der Waals surface area contributed by atoms with Gasteiger partial charge >= 0.3 is 0 Å². The fraction of sp³-hybridized carbons (Fsp3) is 0.290. The summed E-state index contributed by atoms with van der Waals surface area (Å²) in [5, 5.41) is 8.01. The maximum Gasteiger partial charge on any atom is 0.250 e. The van der Waals surface area contributed by atoms with E-state index in [1.54, 1.807) is 32.4 Å². The van der Waals surface area contributed by atoms with Crippen LogP contribution in [-0.2, 0) is 16.1 Å². The number of likely N-dealkylation sites (tertiary alicyclic amines) is 1. The Morgan fingerprint density at radius 1 is 1.02 bits per heavy atom. The molecule has 1 unspecified atom stereocenters. The number of aryl methyl sites for hydroxylation is 2. The van der Waals surface area contributed by atoms with Crippen LogP contribution in [0.3, 0.4) is 0 Å². The summed E-state index contributed by atoms with van der Waals surface area (Å²) in [6, 6.07) is 12.5. The van der Waals surface area contributed by atoms with Crippen LogP contribution in [0.1, 0.15) is 41.0 Å². The molecule has 1 saturated heterocycles. The summed E-state index contributed by atoms with van der Waals surface area (Å²) < 4.78 is 3.47. The molecule has 2 aliphatic rings. The standard InChI is InChI=1S/C31H30N8O3/c1-17-4-3-5-26(34-17)35-31(42)29-20-6-8-22(11-20)39(29)28(40)16-37-15-24(30(32)41)23-12-19(7-9-25(23)37)21-13-33-27-10-18(2)36-38(27)14-21/h3-5,7,9-10,12-15,20,22,29H,6,8,11,16H2,1-2H3,(H2,32,41)(H,34,35,42)/t20-,22+,29?/m0/s1. The number of nitrogens with two attached hydrogens (primary N) is 1. The Balaban J connectivity index is 1.18. The second-order valence-corrected chi connectivity index (χ2v) is 11.3. The van der Waals surface area contributed by atoms with Crippen LogP contribution >= 0.6 is 0 Å². The van der Waals surface area contributed by atoms with Crippen LogP contribution < -0.4 is 11.1 Å². The maximum atomic E-state index is 13.8. The normalized spacial score (nSPS) is 19.6. The number of fused-ring (bicyclic) bond motifs is 4. The smallest absolute Gasteiger partial charge is 0.250 e. The highest BCUT2D eigenvalue weighted by Gasteiger charge is 2.51. The lowest BCUT2D eigenvalue weighted by molar-refractivity contribution is -0.141. The molecule has 5 heterocycles. The summed E-state index contributed by atoms with van der Waals surface area (Å²) in [5.41, 5.74) is 10.9. The van der Waals surface area contributed by atoms with Crippen LogP contribution in [-0.4, -0.2) is 58.9 Å². The summed E-state index contributed by atoms with van der Waals surface area (Å²) in [5.74, 6) is -0.376. The molecule has 11 heteroatoms. The first kappa shape index (κ1) is 25.9. The zero-order valence-corrected chi connectivity index (χ0v) is 23.3. The molecule has 11 nitrogen and oxygen atoms in total. The number of hydrogen-bond acceptors (Lipinski definition) is 6. The second-order valence-electron chi connectivity index (χ2n) is 11.3. The van der Waals surface area contributed by atoms with E-state index < -0.39 is 11.9 Å². The van der Waals surface area contributed by atoms with E-state index in [0.717, 1.165) is 47.4 Å². The van der Waals surface area contributed by atoms with Crippen molar-refractivity contribution in [1.29, 1.82) is 0 Å². The summed E-state index contributed by atoms with van der Waals surface area (Å²) >= 11 is 0. The van der Waals surface area contributed by atoms with Gasteiger partial charge in [0.2, 0.25) is 11.8 Å². The highest BCUT2D eigenvalue weighted by Crippen LogP contribution is 2.43. The van der Waals surface area contributed by atoms with Gasteiger partial charge < -0.3 is 20.5 Å². The van der Waals surface area contributed by atoms with Gasteiger partial charge in [-0.3, -0.25) is 14.4 Å². The number of primary amides is 1. The van der Waals surface area contributed by atoms with Gasteiger partial charge in [-0.2, -0.15) is 5.10 Å². The lowest BCUT2D eigenvalue weighted by Crippen LogP contribution is -2.51. The molecule has 0 spiro atoms. The van der Waals surface area contributed by atoms with Crippen molar-refractivity contribution in [3.8, 4) is 11.1 Å². The number of rotatable bonds is 6. The minimum Gasteiger partial charge on any atom is -0.366 e. The molecule has 42 heavy (non-hydrogen) atoms. The van der Waals surface area contributed by atoms with Crippen molar-refractivity contribution < 1.29 is 14.4 Å². The number of nitrogens with zero attached hydrogens (tertiary/aromatic N) is 6. The van der Waals surface area contributed by atoms with Crippen molar-refractivity contribution in [3.05, 3.63) is 78.0 Å². The van der Waals surface area contributed by atoms with Gasteiger partial charge in [-0.25, -0.2) is 14.5 Å². The van der Waals surface area contributed by atoms with Gasteiger partial charge in [0.25, 0.3) is 5.91 Å². The number of piperidine rings is 1. The number of aromatic nitrogens is 5.